The van der Waals surface area contributed by atoms with Crippen LogP contribution in [0.2, 0.25) is 0 Å². The minimum Gasteiger partial charge on any atom is -0.289 e. The van der Waals surface area contributed by atoms with E-state index in [-0.39, 0.29) is 16.4 Å². The molecule has 0 aliphatic carbocycles. The van der Waals surface area contributed by atoms with Crippen LogP contribution in [-0.2, 0) is 10.0 Å². The molecule has 0 bridgehead atoms. The highest BCUT2D eigenvalue weighted by atomic mass is 32.2. The molecule has 1 fully saturated rings. The van der Waals surface area contributed by atoms with Crippen LogP contribution < -0.4 is 0 Å². The topological polar surface area (TPSA) is 123 Å². The van der Waals surface area contributed by atoms with Gasteiger partial charge in [-0.1, -0.05) is 19.1 Å². The van der Waals surface area contributed by atoms with E-state index >= 15 is 0 Å². The number of ketones is 1. The Bertz CT molecular complexity index is 1390. The molecule has 1 aliphatic heterocycles. The van der Waals surface area contributed by atoms with Crippen molar-refractivity contribution in [1.29, 1.82) is 0 Å². The Balaban J connectivity index is 1.47. The SMILES string of the molecule is CC1CCN(S(=O)(=O)c2ccc(C(=O)/C=C/c3ccc(Sc4ncccn4)c([N+](=O)[O-])c3)cc2)CC1. The second-order valence-electron chi connectivity index (χ2n) is 8.43. The van der Waals surface area contributed by atoms with Gasteiger partial charge in [0.15, 0.2) is 10.9 Å². The largest absolute Gasteiger partial charge is 0.289 e. The van der Waals surface area contributed by atoms with Crippen LogP contribution in [0.3, 0.4) is 0 Å². The summed E-state index contributed by atoms with van der Waals surface area (Å²) in [5, 5.41) is 12.0. The van der Waals surface area contributed by atoms with Gasteiger partial charge in [0, 0.05) is 37.1 Å². The van der Waals surface area contributed by atoms with Gasteiger partial charge >= 0.3 is 0 Å². The van der Waals surface area contributed by atoms with Crippen LogP contribution in [-0.4, -0.2) is 46.5 Å². The van der Waals surface area contributed by atoms with Crippen molar-refractivity contribution < 1.29 is 18.1 Å². The van der Waals surface area contributed by atoms with Crippen LogP contribution in [0, 0.1) is 16.0 Å². The van der Waals surface area contributed by atoms with Gasteiger partial charge < -0.3 is 0 Å². The molecule has 1 saturated heterocycles. The van der Waals surface area contributed by atoms with Crippen molar-refractivity contribution >= 4 is 39.3 Å². The molecule has 0 spiro atoms. The average Bonchev–Trinajstić information content (AvgIpc) is 2.88. The lowest BCUT2D eigenvalue weighted by Gasteiger charge is -2.29. The van der Waals surface area contributed by atoms with Crippen molar-refractivity contribution in [2.75, 3.05) is 13.1 Å². The normalized spacial score (nSPS) is 15.2. The summed E-state index contributed by atoms with van der Waals surface area (Å²) in [5.74, 6) is 0.169. The molecule has 0 radical (unpaired) electrons. The first-order valence-corrected chi connectivity index (χ1v) is 13.6. The van der Waals surface area contributed by atoms with Gasteiger partial charge in [0.1, 0.15) is 0 Å². The Hall–Kier alpha value is -3.41. The third kappa shape index (κ3) is 6.04. The number of hydrogen-bond donors (Lipinski definition) is 0. The molecule has 2 heterocycles. The minimum absolute atomic E-state index is 0.122. The quantitative estimate of drug-likeness (QED) is 0.135. The van der Waals surface area contributed by atoms with Gasteiger partial charge in [-0.15, -0.1) is 0 Å². The molecular weight excluding hydrogens is 500 g/mol. The van der Waals surface area contributed by atoms with Crippen LogP contribution in [0.15, 0.2) is 81.9 Å². The van der Waals surface area contributed by atoms with Gasteiger partial charge in [-0.2, -0.15) is 4.31 Å². The van der Waals surface area contributed by atoms with Crippen molar-refractivity contribution in [2.45, 2.75) is 34.7 Å². The van der Waals surface area contributed by atoms with Gasteiger partial charge in [-0.3, -0.25) is 14.9 Å². The molecule has 1 aromatic heterocycles. The number of aromatic nitrogens is 2. The Morgan fingerprint density at radius 2 is 1.78 bits per heavy atom. The lowest BCUT2D eigenvalue weighted by molar-refractivity contribution is -0.387. The Morgan fingerprint density at radius 3 is 2.42 bits per heavy atom. The van der Waals surface area contributed by atoms with Gasteiger partial charge in [0.2, 0.25) is 10.0 Å². The van der Waals surface area contributed by atoms with Gasteiger partial charge in [0.25, 0.3) is 5.69 Å². The van der Waals surface area contributed by atoms with E-state index in [0.717, 1.165) is 24.6 Å². The maximum absolute atomic E-state index is 12.9. The minimum atomic E-state index is -3.59. The van der Waals surface area contributed by atoms with E-state index < -0.39 is 14.9 Å². The van der Waals surface area contributed by atoms with Crippen molar-refractivity contribution in [1.82, 2.24) is 14.3 Å². The second kappa shape index (κ2) is 11.1. The van der Waals surface area contributed by atoms with Crippen LogP contribution in [0.5, 0.6) is 0 Å². The predicted octanol–water partition coefficient (Wildman–Crippen LogP) is 4.85. The number of carbonyl (C=O) groups is 1. The summed E-state index contributed by atoms with van der Waals surface area (Å²) in [6.45, 7) is 3.10. The van der Waals surface area contributed by atoms with Crippen LogP contribution in [0.25, 0.3) is 6.08 Å². The zero-order chi connectivity index (χ0) is 25.7. The number of carbonyl (C=O) groups excluding carboxylic acids is 1. The van der Waals surface area contributed by atoms with Crippen LogP contribution in [0.4, 0.5) is 5.69 Å². The van der Waals surface area contributed by atoms with Crippen molar-refractivity contribution in [3.63, 3.8) is 0 Å². The molecule has 0 N–H and O–H groups in total. The first-order valence-electron chi connectivity index (χ1n) is 11.3. The van der Waals surface area contributed by atoms with Gasteiger partial charge in [0.05, 0.1) is 14.7 Å². The fraction of sp³-hybridized carbons (Fsp3) is 0.240. The highest BCUT2D eigenvalue weighted by Gasteiger charge is 2.28. The molecule has 1 aliphatic rings. The Kier molecular flexibility index (Phi) is 7.92. The molecule has 0 saturated carbocycles. The smallest absolute Gasteiger partial charge is 0.283 e. The van der Waals surface area contributed by atoms with E-state index in [1.807, 2.05) is 0 Å². The highest BCUT2D eigenvalue weighted by molar-refractivity contribution is 7.99. The number of rotatable bonds is 8. The molecule has 4 rings (SSSR count). The summed E-state index contributed by atoms with van der Waals surface area (Å²) in [4.78, 5) is 32.4. The number of sulfonamides is 1. The summed E-state index contributed by atoms with van der Waals surface area (Å²) in [6.07, 6.45) is 7.57. The number of hydrogen-bond acceptors (Lipinski definition) is 8. The molecule has 0 atom stereocenters. The van der Waals surface area contributed by atoms with Gasteiger partial charge in [-0.25, -0.2) is 18.4 Å². The molecule has 0 amide bonds. The van der Waals surface area contributed by atoms with Crippen molar-refractivity contribution in [3.8, 4) is 0 Å². The molecule has 0 unspecified atom stereocenters. The third-order valence-corrected chi connectivity index (χ3v) is 8.74. The summed E-state index contributed by atoms with van der Waals surface area (Å²) < 4.78 is 27.2. The summed E-state index contributed by atoms with van der Waals surface area (Å²) in [5.41, 5.74) is 0.677. The molecule has 9 nitrogen and oxygen atoms in total. The van der Waals surface area contributed by atoms with E-state index in [1.54, 1.807) is 30.6 Å². The monoisotopic (exact) mass is 524 g/mol. The fourth-order valence-electron chi connectivity index (χ4n) is 3.74. The molecular formula is C25H24N4O5S2. The maximum atomic E-state index is 12.9. The Labute approximate surface area is 213 Å². The molecule has 3 aromatic rings. The summed E-state index contributed by atoms with van der Waals surface area (Å²) >= 11 is 1.08. The number of allylic oxidation sites excluding steroid dienone is 1. The fourth-order valence-corrected chi connectivity index (χ4v) is 6.00. The lowest BCUT2D eigenvalue weighted by Crippen LogP contribution is -2.37. The van der Waals surface area contributed by atoms with E-state index in [4.69, 9.17) is 0 Å². The highest BCUT2D eigenvalue weighted by Crippen LogP contribution is 2.33. The second-order valence-corrected chi connectivity index (χ2v) is 11.4. The average molecular weight is 525 g/mol. The molecule has 11 heteroatoms. The number of nitrogens with zero attached hydrogens (tertiary/aromatic N) is 4. The van der Waals surface area contributed by atoms with Crippen molar-refractivity contribution in [2.24, 2.45) is 5.92 Å². The zero-order valence-corrected chi connectivity index (χ0v) is 21.1. The van der Waals surface area contributed by atoms with E-state index in [9.17, 15) is 23.3 Å². The maximum Gasteiger partial charge on any atom is 0.283 e. The standard InChI is InChI=1S/C25H24N4O5S2/c1-18-11-15-28(16-12-18)36(33,34)21-7-5-20(6-8-21)23(30)9-3-19-4-10-24(22(17-19)29(31)32)35-25-26-13-2-14-27-25/h2-10,13-14,17-18H,11-12,15-16H2,1H3/b9-3+. The van der Waals surface area contributed by atoms with Crippen molar-refractivity contribution in [3.05, 3.63) is 88.2 Å². The number of nitro groups is 1. The first-order chi connectivity index (χ1) is 17.2. The first kappa shape index (κ1) is 25.7. The van der Waals surface area contributed by atoms with Gasteiger partial charge in [-0.05, 0) is 78.6 Å². The number of benzene rings is 2. The van der Waals surface area contributed by atoms with Crippen LogP contribution in [0.1, 0.15) is 35.7 Å². The third-order valence-electron chi connectivity index (χ3n) is 5.87. The van der Waals surface area contributed by atoms with Crippen LogP contribution >= 0.6 is 11.8 Å². The molecule has 2 aromatic carbocycles. The molecule has 36 heavy (non-hydrogen) atoms. The predicted molar refractivity (Wildman–Crippen MR) is 136 cm³/mol. The molecule has 186 valence electrons. The lowest BCUT2D eigenvalue weighted by atomic mass is 10.0. The summed E-state index contributed by atoms with van der Waals surface area (Å²) in [6, 6.07) is 12.1. The van der Waals surface area contributed by atoms with E-state index in [0.29, 0.717) is 40.2 Å². The number of piperidine rings is 1. The number of nitro benzene ring substituents is 1. The van der Waals surface area contributed by atoms with E-state index in [1.165, 1.54) is 46.8 Å². The zero-order valence-electron chi connectivity index (χ0n) is 19.5. The summed E-state index contributed by atoms with van der Waals surface area (Å²) in [7, 11) is -3.59. The van der Waals surface area contributed by atoms with E-state index in [2.05, 4.69) is 16.9 Å². The Morgan fingerprint density at radius 1 is 1.11 bits per heavy atom.